The van der Waals surface area contributed by atoms with E-state index < -0.39 is 25.1 Å². The lowest BCUT2D eigenvalue weighted by Crippen LogP contribution is -2.06. The van der Waals surface area contributed by atoms with E-state index in [0.29, 0.717) is 5.02 Å². The maximum atomic E-state index is 12.4. The van der Waals surface area contributed by atoms with E-state index in [9.17, 15) is 9.36 Å². The molecule has 2 unspecified atom stereocenters. The second kappa shape index (κ2) is 6.69. The number of benzene rings is 1. The van der Waals surface area contributed by atoms with Crippen molar-refractivity contribution in [1.82, 2.24) is 0 Å². The van der Waals surface area contributed by atoms with Crippen LogP contribution in [0.5, 0.6) is 0 Å². The second-order valence-corrected chi connectivity index (χ2v) is 6.91. The molecule has 0 heterocycles. The van der Waals surface area contributed by atoms with Gasteiger partial charge in [0, 0.05) is 12.1 Å². The van der Waals surface area contributed by atoms with Crippen molar-refractivity contribution in [2.75, 3.05) is 13.7 Å². The van der Waals surface area contributed by atoms with Crippen LogP contribution in [0, 0.1) is 0 Å². The summed E-state index contributed by atoms with van der Waals surface area (Å²) in [7, 11) is -2.16. The van der Waals surface area contributed by atoms with Crippen molar-refractivity contribution in [1.29, 1.82) is 0 Å². The molecular formula is C11H13Cl2O4P. The summed E-state index contributed by atoms with van der Waals surface area (Å²) in [4.78, 5) is 10.7. The van der Waals surface area contributed by atoms with Crippen LogP contribution in [0.1, 0.15) is 18.1 Å². The van der Waals surface area contributed by atoms with Gasteiger partial charge in [-0.25, -0.2) is 0 Å². The molecule has 0 aromatic heterocycles. The Balaban J connectivity index is 2.90. The summed E-state index contributed by atoms with van der Waals surface area (Å²) in [6.07, 6.45) is 0. The van der Waals surface area contributed by atoms with Crippen molar-refractivity contribution in [2.45, 2.75) is 12.6 Å². The molecule has 4 nitrogen and oxygen atoms in total. The monoisotopic (exact) mass is 310 g/mol. The summed E-state index contributed by atoms with van der Waals surface area (Å²) in [5.74, 6) is 0. The van der Waals surface area contributed by atoms with E-state index in [0.717, 1.165) is 5.56 Å². The van der Waals surface area contributed by atoms with E-state index in [1.165, 1.54) is 7.11 Å². The van der Waals surface area contributed by atoms with E-state index in [4.69, 9.17) is 32.2 Å². The van der Waals surface area contributed by atoms with Crippen LogP contribution >= 0.6 is 30.8 Å². The van der Waals surface area contributed by atoms with Gasteiger partial charge >= 0.3 is 7.60 Å². The van der Waals surface area contributed by atoms with Crippen LogP contribution in [0.3, 0.4) is 0 Å². The third kappa shape index (κ3) is 4.08. The smallest absolute Gasteiger partial charge is 0.312 e. The summed E-state index contributed by atoms with van der Waals surface area (Å²) in [6, 6.07) is 6.81. The highest BCUT2D eigenvalue weighted by Gasteiger charge is 2.33. The minimum absolute atomic E-state index is 0.454. The van der Waals surface area contributed by atoms with Crippen LogP contribution in [0.4, 0.5) is 0 Å². The average molecular weight is 311 g/mol. The van der Waals surface area contributed by atoms with Crippen LogP contribution in [-0.4, -0.2) is 19.0 Å². The highest BCUT2D eigenvalue weighted by Crippen LogP contribution is 2.60. The number of halogens is 2. The Labute approximate surface area is 116 Å². The van der Waals surface area contributed by atoms with E-state index in [2.05, 4.69) is 0 Å². The fourth-order valence-electron chi connectivity index (χ4n) is 1.39. The van der Waals surface area contributed by atoms with Crippen LogP contribution in [0.25, 0.3) is 0 Å². The molecule has 18 heavy (non-hydrogen) atoms. The molecule has 0 aliphatic rings. The summed E-state index contributed by atoms with van der Waals surface area (Å²) in [6.45, 7) is 1.23. The van der Waals surface area contributed by atoms with Gasteiger partial charge in [-0.15, -0.1) is 0 Å². The van der Waals surface area contributed by atoms with E-state index in [-0.39, 0.29) is 0 Å². The van der Waals surface area contributed by atoms with Gasteiger partial charge < -0.3 is 4.52 Å². The lowest BCUT2D eigenvalue weighted by Gasteiger charge is -2.22. The molecule has 1 aromatic rings. The topological polar surface area (TPSA) is 52.6 Å². The average Bonchev–Trinajstić information content (AvgIpc) is 2.36. The van der Waals surface area contributed by atoms with E-state index in [1.807, 2.05) is 0 Å². The predicted molar refractivity (Wildman–Crippen MR) is 71.3 cm³/mol. The Bertz CT molecular complexity index is 461. The van der Waals surface area contributed by atoms with Crippen LogP contribution in [-0.2, 0) is 18.4 Å². The van der Waals surface area contributed by atoms with Crippen molar-refractivity contribution < 1.29 is 18.4 Å². The molecule has 2 atom stereocenters. The molecule has 0 fully saturated rings. The molecule has 0 aliphatic carbocycles. The number of hydrogen-bond donors (Lipinski definition) is 0. The Kier molecular flexibility index (Phi) is 5.83. The number of rotatable bonds is 6. The number of carbonyl (C=O) groups is 1. The highest BCUT2D eigenvalue weighted by molar-refractivity contribution is 7.54. The molecule has 100 valence electrons. The molecule has 0 aliphatic heterocycles. The van der Waals surface area contributed by atoms with Gasteiger partial charge in [0.1, 0.15) is 6.61 Å². The van der Waals surface area contributed by atoms with Gasteiger partial charge in [0.05, 0.1) is 5.66 Å². The zero-order valence-corrected chi connectivity index (χ0v) is 12.3. The van der Waals surface area contributed by atoms with E-state index >= 15 is 0 Å². The van der Waals surface area contributed by atoms with Gasteiger partial charge in [-0.1, -0.05) is 23.7 Å². The zero-order chi connectivity index (χ0) is 13.8. The van der Waals surface area contributed by atoms with Gasteiger partial charge in [-0.05, 0) is 36.2 Å². The number of hydrogen-bond acceptors (Lipinski definition) is 4. The molecule has 0 saturated carbocycles. The number of carbonyl (C=O) groups excluding carboxylic acids is 1. The molecule has 1 rings (SSSR count). The Morgan fingerprint density at radius 2 is 1.94 bits per heavy atom. The first-order chi connectivity index (χ1) is 8.39. The molecule has 0 N–H and O–H groups in total. The molecule has 0 radical (unpaired) electrons. The maximum absolute atomic E-state index is 12.4. The molecule has 0 spiro atoms. The lowest BCUT2D eigenvalue weighted by molar-refractivity contribution is -0.113. The Morgan fingerprint density at radius 3 is 2.39 bits per heavy atom. The fraction of sp³-hybridized carbons (Fsp3) is 0.364. The summed E-state index contributed by atoms with van der Waals surface area (Å²) in [5.41, 5.74) is 0.224. The SMILES string of the molecule is COP(=O)(OCC(=O)Cl)C(C)c1ccc(Cl)cc1. The largest absolute Gasteiger partial charge is 0.337 e. The molecule has 0 saturated heterocycles. The Hall–Kier alpha value is -0.380. The predicted octanol–water partition coefficient (Wildman–Crippen LogP) is 4.02. The first-order valence-electron chi connectivity index (χ1n) is 5.13. The first kappa shape index (κ1) is 15.7. The van der Waals surface area contributed by atoms with Crippen molar-refractivity contribution >= 4 is 36.0 Å². The van der Waals surface area contributed by atoms with Crippen molar-refractivity contribution in [2.24, 2.45) is 0 Å². The third-order valence-corrected chi connectivity index (χ3v) is 5.05. The molecular weight excluding hydrogens is 298 g/mol. The van der Waals surface area contributed by atoms with Gasteiger partial charge in [0.2, 0.25) is 5.24 Å². The van der Waals surface area contributed by atoms with Crippen LogP contribution < -0.4 is 0 Å². The standard InChI is InChI=1S/C11H13Cl2O4P/c1-8(9-3-5-10(12)6-4-9)18(15,16-2)17-7-11(13)14/h3-6,8H,7H2,1-2H3. The van der Waals surface area contributed by atoms with Crippen LogP contribution in [0.2, 0.25) is 5.02 Å². The Morgan fingerprint density at radius 1 is 1.39 bits per heavy atom. The van der Waals surface area contributed by atoms with Crippen molar-refractivity contribution in [3.8, 4) is 0 Å². The summed E-state index contributed by atoms with van der Waals surface area (Å²) < 4.78 is 22.3. The quantitative estimate of drug-likeness (QED) is 0.588. The molecule has 0 bridgehead atoms. The maximum Gasteiger partial charge on any atom is 0.337 e. The summed E-state index contributed by atoms with van der Waals surface area (Å²) >= 11 is 10.9. The van der Waals surface area contributed by atoms with Crippen molar-refractivity contribution in [3.63, 3.8) is 0 Å². The first-order valence-corrected chi connectivity index (χ1v) is 7.49. The third-order valence-electron chi connectivity index (χ3n) is 2.44. The van der Waals surface area contributed by atoms with E-state index in [1.54, 1.807) is 31.2 Å². The molecule has 7 heteroatoms. The highest BCUT2D eigenvalue weighted by atomic mass is 35.5. The van der Waals surface area contributed by atoms with Gasteiger partial charge in [0.25, 0.3) is 0 Å². The zero-order valence-electron chi connectivity index (χ0n) is 9.93. The second-order valence-electron chi connectivity index (χ2n) is 3.58. The van der Waals surface area contributed by atoms with Crippen LogP contribution in [0.15, 0.2) is 24.3 Å². The fourth-order valence-corrected chi connectivity index (χ4v) is 3.12. The van der Waals surface area contributed by atoms with Crippen molar-refractivity contribution in [3.05, 3.63) is 34.9 Å². The van der Waals surface area contributed by atoms with Gasteiger partial charge in [0.15, 0.2) is 0 Å². The minimum atomic E-state index is -3.43. The molecule has 1 aromatic carbocycles. The minimum Gasteiger partial charge on any atom is -0.312 e. The molecule has 0 amide bonds. The normalized spacial score (nSPS) is 16.0. The van der Waals surface area contributed by atoms with Gasteiger partial charge in [-0.2, -0.15) is 0 Å². The lowest BCUT2D eigenvalue weighted by atomic mass is 10.2. The summed E-state index contributed by atoms with van der Waals surface area (Å²) in [5, 5.41) is -0.148. The van der Waals surface area contributed by atoms with Gasteiger partial charge in [-0.3, -0.25) is 13.9 Å².